The van der Waals surface area contributed by atoms with Crippen molar-refractivity contribution in [3.8, 4) is 5.75 Å². The standard InChI is InChI=1S/C19H23ClO2/c1-21-17-10-13(3-4-16(17)20)19(22-2)18-14-6-11-5-12(8-14)9-15(18)7-11/h3-4,10-12,14-15H,5-9H2,1-2H3. The highest BCUT2D eigenvalue weighted by Gasteiger charge is 2.46. The average Bonchev–Trinajstić information content (AvgIpc) is 2.51. The van der Waals surface area contributed by atoms with Crippen LogP contribution in [-0.4, -0.2) is 14.2 Å². The minimum absolute atomic E-state index is 0.650. The second-order valence-corrected chi connectivity index (χ2v) is 7.55. The Bertz CT molecular complexity index is 590. The SMILES string of the molecule is COC(=C1C2CC3CC(C2)CC1C3)c1ccc(Cl)c(OC)c1. The average molecular weight is 319 g/mol. The number of allylic oxidation sites excluding steroid dienone is 1. The number of ether oxygens (including phenoxy) is 2. The van der Waals surface area contributed by atoms with Crippen molar-refractivity contribution in [2.75, 3.05) is 14.2 Å². The minimum atomic E-state index is 0.650. The van der Waals surface area contributed by atoms with Crippen LogP contribution < -0.4 is 4.74 Å². The van der Waals surface area contributed by atoms with Crippen molar-refractivity contribution >= 4 is 17.4 Å². The van der Waals surface area contributed by atoms with E-state index in [1.54, 1.807) is 19.8 Å². The van der Waals surface area contributed by atoms with Crippen LogP contribution >= 0.6 is 11.6 Å². The van der Waals surface area contributed by atoms with Crippen LogP contribution in [0.4, 0.5) is 0 Å². The molecule has 4 aliphatic rings. The normalized spacial score (nSPS) is 32.2. The van der Waals surface area contributed by atoms with Gasteiger partial charge in [0.15, 0.2) is 0 Å². The predicted octanol–water partition coefficient (Wildman–Crippen LogP) is 5.16. The number of rotatable bonds is 3. The molecule has 4 aliphatic carbocycles. The van der Waals surface area contributed by atoms with Crippen LogP contribution in [0.5, 0.6) is 5.75 Å². The van der Waals surface area contributed by atoms with E-state index in [1.165, 1.54) is 32.1 Å². The molecule has 0 unspecified atom stereocenters. The molecule has 4 fully saturated rings. The summed E-state index contributed by atoms with van der Waals surface area (Å²) in [6, 6.07) is 5.98. The van der Waals surface area contributed by atoms with Crippen LogP contribution in [0, 0.1) is 23.7 Å². The second-order valence-electron chi connectivity index (χ2n) is 7.14. The first-order valence-electron chi connectivity index (χ1n) is 8.31. The van der Waals surface area contributed by atoms with Gasteiger partial charge in [-0.05, 0) is 79.5 Å². The third-order valence-corrected chi connectivity index (χ3v) is 6.21. The molecular formula is C19H23ClO2. The molecule has 2 nitrogen and oxygen atoms in total. The van der Waals surface area contributed by atoms with Crippen molar-refractivity contribution in [1.82, 2.24) is 0 Å². The second kappa shape index (κ2) is 5.49. The first kappa shape index (κ1) is 14.4. The van der Waals surface area contributed by atoms with Gasteiger partial charge in [-0.1, -0.05) is 11.6 Å². The smallest absolute Gasteiger partial charge is 0.138 e. The Balaban J connectivity index is 1.78. The van der Waals surface area contributed by atoms with E-state index in [4.69, 9.17) is 21.1 Å². The summed E-state index contributed by atoms with van der Waals surface area (Å²) in [5, 5.41) is 0.650. The van der Waals surface area contributed by atoms with Crippen LogP contribution in [0.2, 0.25) is 5.02 Å². The monoisotopic (exact) mass is 318 g/mol. The van der Waals surface area contributed by atoms with E-state index in [-0.39, 0.29) is 0 Å². The summed E-state index contributed by atoms with van der Waals surface area (Å²) in [6.45, 7) is 0. The van der Waals surface area contributed by atoms with Crippen molar-refractivity contribution in [2.24, 2.45) is 23.7 Å². The highest BCUT2D eigenvalue weighted by molar-refractivity contribution is 6.32. The summed E-state index contributed by atoms with van der Waals surface area (Å²) in [7, 11) is 3.46. The van der Waals surface area contributed by atoms with Crippen LogP contribution in [0.15, 0.2) is 23.8 Å². The Labute approximate surface area is 137 Å². The summed E-state index contributed by atoms with van der Waals surface area (Å²) >= 11 is 6.17. The first-order chi connectivity index (χ1) is 10.7. The van der Waals surface area contributed by atoms with Crippen molar-refractivity contribution in [3.05, 3.63) is 34.4 Å². The molecule has 3 heteroatoms. The molecule has 118 valence electrons. The molecule has 0 radical (unpaired) electrons. The van der Waals surface area contributed by atoms with E-state index in [2.05, 4.69) is 6.07 Å². The Morgan fingerprint density at radius 2 is 1.64 bits per heavy atom. The van der Waals surface area contributed by atoms with Gasteiger partial charge in [-0.2, -0.15) is 0 Å². The lowest BCUT2D eigenvalue weighted by Gasteiger charge is -2.51. The van der Waals surface area contributed by atoms with E-state index in [9.17, 15) is 0 Å². The fraction of sp³-hybridized carbons (Fsp3) is 0.579. The number of methoxy groups -OCH3 is 2. The van der Waals surface area contributed by atoms with E-state index < -0.39 is 0 Å². The molecule has 0 aromatic heterocycles. The molecule has 0 heterocycles. The zero-order valence-electron chi connectivity index (χ0n) is 13.3. The lowest BCUT2D eigenvalue weighted by molar-refractivity contribution is 0.0675. The van der Waals surface area contributed by atoms with Gasteiger partial charge in [-0.15, -0.1) is 0 Å². The summed E-state index contributed by atoms with van der Waals surface area (Å²) in [5.41, 5.74) is 2.67. The van der Waals surface area contributed by atoms with Gasteiger partial charge in [-0.25, -0.2) is 0 Å². The van der Waals surface area contributed by atoms with Crippen molar-refractivity contribution in [2.45, 2.75) is 32.1 Å². The lowest BCUT2D eigenvalue weighted by atomic mass is 9.54. The van der Waals surface area contributed by atoms with E-state index >= 15 is 0 Å². The third kappa shape index (κ3) is 2.23. The quantitative estimate of drug-likeness (QED) is 0.716. The molecule has 5 rings (SSSR count). The Hall–Kier alpha value is -1.15. The maximum Gasteiger partial charge on any atom is 0.138 e. The highest BCUT2D eigenvalue weighted by Crippen LogP contribution is 2.58. The zero-order chi connectivity index (χ0) is 15.3. The molecule has 1 aromatic rings. The molecule has 0 spiro atoms. The molecule has 1 aromatic carbocycles. The molecule has 0 atom stereocenters. The largest absolute Gasteiger partial charge is 0.496 e. The maximum atomic E-state index is 6.17. The summed E-state index contributed by atoms with van der Waals surface area (Å²) < 4.78 is 11.3. The number of hydrogen-bond acceptors (Lipinski definition) is 2. The molecule has 22 heavy (non-hydrogen) atoms. The Morgan fingerprint density at radius 1 is 1.00 bits per heavy atom. The van der Waals surface area contributed by atoms with Crippen LogP contribution in [-0.2, 0) is 4.74 Å². The van der Waals surface area contributed by atoms with Gasteiger partial charge < -0.3 is 9.47 Å². The molecule has 0 saturated heterocycles. The number of halogens is 1. The third-order valence-electron chi connectivity index (χ3n) is 5.90. The fourth-order valence-corrected chi connectivity index (χ4v) is 5.46. The van der Waals surface area contributed by atoms with Crippen molar-refractivity contribution in [3.63, 3.8) is 0 Å². The van der Waals surface area contributed by atoms with Crippen molar-refractivity contribution < 1.29 is 9.47 Å². The van der Waals surface area contributed by atoms with Gasteiger partial charge in [0.25, 0.3) is 0 Å². The van der Waals surface area contributed by atoms with Crippen LogP contribution in [0.25, 0.3) is 5.76 Å². The van der Waals surface area contributed by atoms with Gasteiger partial charge in [-0.3, -0.25) is 0 Å². The first-order valence-corrected chi connectivity index (χ1v) is 8.69. The molecule has 0 amide bonds. The van der Waals surface area contributed by atoms with Gasteiger partial charge in [0, 0.05) is 5.56 Å². The van der Waals surface area contributed by atoms with Gasteiger partial charge in [0.2, 0.25) is 0 Å². The van der Waals surface area contributed by atoms with Crippen molar-refractivity contribution in [1.29, 1.82) is 0 Å². The summed E-state index contributed by atoms with van der Waals surface area (Å²) in [4.78, 5) is 0. The van der Waals surface area contributed by atoms with Crippen LogP contribution in [0.1, 0.15) is 37.7 Å². The van der Waals surface area contributed by atoms with E-state index in [0.717, 1.165) is 40.7 Å². The fourth-order valence-electron chi connectivity index (χ4n) is 5.27. The molecule has 0 N–H and O–H groups in total. The van der Waals surface area contributed by atoms with E-state index in [1.807, 2.05) is 12.1 Å². The molecule has 4 bridgehead atoms. The molecular weight excluding hydrogens is 296 g/mol. The van der Waals surface area contributed by atoms with Gasteiger partial charge in [0.05, 0.1) is 19.2 Å². The maximum absolute atomic E-state index is 6.17. The zero-order valence-corrected chi connectivity index (χ0v) is 14.0. The molecule has 0 aliphatic heterocycles. The van der Waals surface area contributed by atoms with Gasteiger partial charge >= 0.3 is 0 Å². The topological polar surface area (TPSA) is 18.5 Å². The summed E-state index contributed by atoms with van der Waals surface area (Å²) in [6.07, 6.45) is 6.91. The number of benzene rings is 1. The number of hydrogen-bond donors (Lipinski definition) is 0. The summed E-state index contributed by atoms with van der Waals surface area (Å²) in [5.74, 6) is 5.18. The highest BCUT2D eigenvalue weighted by atomic mass is 35.5. The van der Waals surface area contributed by atoms with Crippen LogP contribution in [0.3, 0.4) is 0 Å². The Kier molecular flexibility index (Phi) is 3.60. The van der Waals surface area contributed by atoms with Gasteiger partial charge in [0.1, 0.15) is 11.5 Å². The lowest BCUT2D eigenvalue weighted by Crippen LogP contribution is -2.40. The predicted molar refractivity (Wildman–Crippen MR) is 89.0 cm³/mol. The Morgan fingerprint density at radius 3 is 2.18 bits per heavy atom. The minimum Gasteiger partial charge on any atom is -0.496 e. The molecule has 4 saturated carbocycles. The van der Waals surface area contributed by atoms with E-state index in [0.29, 0.717) is 5.02 Å².